The molecule has 1 saturated carbocycles. The highest BCUT2D eigenvalue weighted by molar-refractivity contribution is 5.89. The number of aromatic nitrogens is 1. The van der Waals surface area contributed by atoms with Crippen molar-refractivity contribution in [2.24, 2.45) is 5.41 Å². The Labute approximate surface area is 195 Å². The molecule has 0 radical (unpaired) electrons. The average molecular weight is 463 g/mol. The summed E-state index contributed by atoms with van der Waals surface area (Å²) in [6, 6.07) is 1.96. The van der Waals surface area contributed by atoms with E-state index in [9.17, 15) is 14.7 Å². The topological polar surface area (TPSA) is 96.2 Å². The molecular formula is C24H26FNO7. The first-order valence-electron chi connectivity index (χ1n) is 12.6. The van der Waals surface area contributed by atoms with Crippen molar-refractivity contribution in [3.05, 3.63) is 45.5 Å². The Balaban J connectivity index is 1.75. The Morgan fingerprint density at radius 2 is 2.09 bits per heavy atom. The van der Waals surface area contributed by atoms with Gasteiger partial charge in [0, 0.05) is 48.9 Å². The zero-order chi connectivity index (χ0) is 26.9. The minimum atomic E-state index is -2.46. The molecule has 1 aromatic heterocycles. The molecule has 8 nitrogen and oxygen atoms in total. The van der Waals surface area contributed by atoms with Crippen LogP contribution in [0.2, 0.25) is 0 Å². The summed E-state index contributed by atoms with van der Waals surface area (Å²) in [5.74, 6) is -2.27. The quantitative estimate of drug-likeness (QED) is 0.598. The van der Waals surface area contributed by atoms with Gasteiger partial charge in [0.2, 0.25) is 0 Å². The number of carboxylic acids is 1. The molecule has 2 fully saturated rings. The van der Waals surface area contributed by atoms with Crippen LogP contribution in [0, 0.1) is 11.2 Å². The molecule has 1 atom stereocenters. The summed E-state index contributed by atoms with van der Waals surface area (Å²) < 4.78 is 70.8. The summed E-state index contributed by atoms with van der Waals surface area (Å²) in [6.45, 7) is 2.97. The van der Waals surface area contributed by atoms with Crippen molar-refractivity contribution >= 4 is 5.97 Å². The molecule has 0 bridgehead atoms. The van der Waals surface area contributed by atoms with Gasteiger partial charge in [-0.2, -0.15) is 0 Å². The number of halogens is 1. The van der Waals surface area contributed by atoms with Crippen molar-refractivity contribution < 1.29 is 38.7 Å². The number of aromatic carboxylic acids is 1. The van der Waals surface area contributed by atoms with E-state index in [1.807, 2.05) is 6.92 Å². The molecule has 1 saturated heterocycles. The number of carbonyl (C=O) groups is 1. The smallest absolute Gasteiger partial charge is 0.341 e. The van der Waals surface area contributed by atoms with E-state index in [4.69, 9.17) is 24.4 Å². The van der Waals surface area contributed by atoms with E-state index in [1.54, 1.807) is 0 Å². The van der Waals surface area contributed by atoms with E-state index >= 15 is 4.39 Å². The number of benzene rings is 1. The zero-order valence-corrected chi connectivity index (χ0v) is 18.1. The van der Waals surface area contributed by atoms with Gasteiger partial charge in [-0.15, -0.1) is 0 Å². The lowest BCUT2D eigenvalue weighted by atomic mass is 9.76. The molecule has 1 N–H and O–H groups in total. The number of pyridine rings is 1. The molecular weight excluding hydrogens is 433 g/mol. The minimum absolute atomic E-state index is 0.0226. The second-order valence-electron chi connectivity index (χ2n) is 8.65. The molecule has 33 heavy (non-hydrogen) atoms. The minimum Gasteiger partial charge on any atom is -0.490 e. The molecule has 3 heterocycles. The number of ether oxygens (including phenoxy) is 4. The Morgan fingerprint density at radius 3 is 2.70 bits per heavy atom. The van der Waals surface area contributed by atoms with Crippen molar-refractivity contribution in [3.8, 4) is 22.8 Å². The van der Waals surface area contributed by atoms with Crippen LogP contribution in [-0.2, 0) is 9.47 Å². The summed E-state index contributed by atoms with van der Waals surface area (Å²) in [6.07, 6.45) is -5.24. The number of rotatable bonds is 8. The van der Waals surface area contributed by atoms with E-state index < -0.39 is 53.2 Å². The van der Waals surface area contributed by atoms with Crippen LogP contribution in [0.1, 0.15) is 59.6 Å². The average Bonchev–Trinajstić information content (AvgIpc) is 3.22. The van der Waals surface area contributed by atoms with E-state index in [0.29, 0.717) is 13.0 Å². The van der Waals surface area contributed by atoms with Gasteiger partial charge < -0.3 is 28.6 Å². The first kappa shape index (κ1) is 17.6. The molecule has 0 amide bonds. The summed E-state index contributed by atoms with van der Waals surface area (Å²) in [5.41, 5.74) is -2.05. The predicted octanol–water partition coefficient (Wildman–Crippen LogP) is 3.57. The van der Waals surface area contributed by atoms with Crippen molar-refractivity contribution in [3.63, 3.8) is 0 Å². The second kappa shape index (κ2) is 8.14. The van der Waals surface area contributed by atoms with Gasteiger partial charge in [0.25, 0.3) is 5.56 Å². The summed E-state index contributed by atoms with van der Waals surface area (Å²) >= 11 is 0. The number of carboxylic acid groups (broad SMARTS) is 1. The SMILES string of the molecule is [2H]C1([2H])C(n2c3c(cc(C(=O)O)c2=O)C(C2(C)COC2)Oc2cc(OCCCOC)c(F)cc2-3)C1([2H])[2H]. The van der Waals surface area contributed by atoms with E-state index in [1.165, 1.54) is 13.2 Å². The van der Waals surface area contributed by atoms with Crippen LogP contribution in [0.15, 0.2) is 23.0 Å². The molecule has 1 aliphatic carbocycles. The maximum Gasteiger partial charge on any atom is 0.341 e. The third-order valence-corrected chi connectivity index (χ3v) is 6.09. The van der Waals surface area contributed by atoms with Gasteiger partial charge in [-0.1, -0.05) is 6.92 Å². The predicted molar refractivity (Wildman–Crippen MR) is 116 cm³/mol. The zero-order valence-electron chi connectivity index (χ0n) is 22.1. The molecule has 176 valence electrons. The third kappa shape index (κ3) is 3.69. The van der Waals surface area contributed by atoms with Crippen molar-refractivity contribution in [2.45, 2.75) is 38.2 Å². The number of methoxy groups -OCH3 is 1. The van der Waals surface area contributed by atoms with Gasteiger partial charge in [0.1, 0.15) is 17.4 Å². The van der Waals surface area contributed by atoms with Crippen LogP contribution >= 0.6 is 0 Å². The molecule has 9 heteroatoms. The Hall–Kier alpha value is -2.91. The van der Waals surface area contributed by atoms with Crippen molar-refractivity contribution in [1.82, 2.24) is 4.57 Å². The van der Waals surface area contributed by atoms with Gasteiger partial charge in [0.05, 0.1) is 30.9 Å². The summed E-state index contributed by atoms with van der Waals surface area (Å²) in [4.78, 5) is 25.4. The number of nitrogens with zero attached hydrogens (tertiary/aromatic N) is 1. The largest absolute Gasteiger partial charge is 0.490 e. The fourth-order valence-corrected chi connectivity index (χ4v) is 4.30. The summed E-state index contributed by atoms with van der Waals surface area (Å²) in [7, 11) is 1.54. The fraction of sp³-hybridized carbons (Fsp3) is 0.500. The van der Waals surface area contributed by atoms with Crippen molar-refractivity contribution in [2.75, 3.05) is 33.5 Å². The Bertz CT molecular complexity index is 1330. The van der Waals surface area contributed by atoms with Gasteiger partial charge in [-0.3, -0.25) is 4.79 Å². The number of hydrogen-bond acceptors (Lipinski definition) is 6. The van der Waals surface area contributed by atoms with Crippen LogP contribution in [-0.4, -0.2) is 49.2 Å². The fourth-order valence-electron chi connectivity index (χ4n) is 4.30. The normalized spacial score (nSPS) is 25.1. The van der Waals surface area contributed by atoms with Crippen LogP contribution in [0.3, 0.4) is 0 Å². The lowest BCUT2D eigenvalue weighted by molar-refractivity contribution is -0.156. The van der Waals surface area contributed by atoms with Gasteiger partial charge >= 0.3 is 5.97 Å². The molecule has 5 rings (SSSR count). The second-order valence-corrected chi connectivity index (χ2v) is 8.65. The first-order chi connectivity index (χ1) is 17.3. The van der Waals surface area contributed by atoms with E-state index in [-0.39, 0.29) is 48.1 Å². The van der Waals surface area contributed by atoms with E-state index in [0.717, 1.165) is 16.7 Å². The maximum absolute atomic E-state index is 15.2. The Morgan fingerprint density at radius 1 is 1.33 bits per heavy atom. The highest BCUT2D eigenvalue weighted by Crippen LogP contribution is 2.53. The van der Waals surface area contributed by atoms with Crippen LogP contribution in [0.25, 0.3) is 11.3 Å². The Kier molecular flexibility index (Phi) is 4.33. The van der Waals surface area contributed by atoms with Crippen LogP contribution in [0.5, 0.6) is 11.5 Å². The highest BCUT2D eigenvalue weighted by atomic mass is 19.1. The van der Waals surface area contributed by atoms with Gasteiger partial charge in [0.15, 0.2) is 11.6 Å². The lowest BCUT2D eigenvalue weighted by Crippen LogP contribution is -2.48. The van der Waals surface area contributed by atoms with Crippen LogP contribution < -0.4 is 15.0 Å². The molecule has 1 unspecified atom stereocenters. The monoisotopic (exact) mass is 463 g/mol. The molecule has 1 aromatic carbocycles. The molecule has 0 spiro atoms. The van der Waals surface area contributed by atoms with Gasteiger partial charge in [-0.25, -0.2) is 9.18 Å². The molecule has 3 aliphatic rings. The number of fused-ring (bicyclic) bond motifs is 3. The lowest BCUT2D eigenvalue weighted by Gasteiger charge is -2.46. The first-order valence-corrected chi connectivity index (χ1v) is 10.6. The highest BCUT2D eigenvalue weighted by Gasteiger charge is 2.48. The van der Waals surface area contributed by atoms with Crippen LogP contribution in [0.4, 0.5) is 4.39 Å². The van der Waals surface area contributed by atoms with Crippen molar-refractivity contribution in [1.29, 1.82) is 0 Å². The third-order valence-electron chi connectivity index (χ3n) is 6.09. The molecule has 2 aliphatic heterocycles. The molecule has 2 aromatic rings. The standard InChI is InChI=1S/C24H26FNO7/c1-24(11-31-12-24)21-15-8-16(23(28)29)22(27)26(13-4-5-13)20(15)14-9-17(25)19(10-18(14)33-21)32-7-3-6-30-2/h8-10,13,21H,3-7,11-12H2,1-2H3,(H,28,29)/i4D2,5D2. The maximum atomic E-state index is 15.2. The van der Waals surface area contributed by atoms with E-state index in [2.05, 4.69) is 0 Å². The number of hydrogen-bond donors (Lipinski definition) is 1. The van der Waals surface area contributed by atoms with Gasteiger partial charge in [-0.05, 0) is 24.9 Å². The summed E-state index contributed by atoms with van der Waals surface area (Å²) in [5, 5.41) is 9.76.